The lowest BCUT2D eigenvalue weighted by atomic mass is 9.86. The molecule has 0 bridgehead atoms. The molecule has 1 saturated carbocycles. The predicted octanol–water partition coefficient (Wildman–Crippen LogP) is 3.21. The molecule has 86 valence electrons. The maximum atomic E-state index is 11.8. The van der Waals surface area contributed by atoms with Crippen molar-refractivity contribution < 1.29 is 4.79 Å². The van der Waals surface area contributed by atoms with Crippen LogP contribution >= 0.6 is 0 Å². The van der Waals surface area contributed by atoms with Crippen LogP contribution in [0, 0.1) is 5.41 Å². The molecular formula is C17H12O. The summed E-state index contributed by atoms with van der Waals surface area (Å²) in [5, 5.41) is 0. The highest BCUT2D eigenvalue weighted by molar-refractivity contribution is 5.84. The summed E-state index contributed by atoms with van der Waals surface area (Å²) in [6, 6.07) is 17.2. The van der Waals surface area contributed by atoms with Crippen molar-refractivity contribution in [1.82, 2.24) is 0 Å². The van der Waals surface area contributed by atoms with Crippen molar-refractivity contribution in [2.24, 2.45) is 5.41 Å². The van der Waals surface area contributed by atoms with Crippen molar-refractivity contribution in [3.63, 3.8) is 0 Å². The van der Waals surface area contributed by atoms with Crippen LogP contribution in [0.4, 0.5) is 0 Å². The molecule has 1 fully saturated rings. The monoisotopic (exact) mass is 232 g/mol. The van der Waals surface area contributed by atoms with Crippen LogP contribution in [0.3, 0.4) is 0 Å². The largest absolute Gasteiger partial charge is 0.303 e. The first kappa shape index (κ1) is 9.09. The van der Waals surface area contributed by atoms with Crippen molar-refractivity contribution >= 4 is 6.29 Å². The van der Waals surface area contributed by atoms with Crippen molar-refractivity contribution in [1.29, 1.82) is 0 Å². The second-order valence-electron chi connectivity index (χ2n) is 5.76. The summed E-state index contributed by atoms with van der Waals surface area (Å²) < 4.78 is 0. The SMILES string of the molecule is O=CC12C3c4ccccc4C1C2c1ccccc13. The van der Waals surface area contributed by atoms with Crippen molar-refractivity contribution in [3.05, 3.63) is 70.8 Å². The average molecular weight is 232 g/mol. The van der Waals surface area contributed by atoms with Crippen LogP contribution in [0.15, 0.2) is 48.5 Å². The molecule has 0 radical (unpaired) electrons. The Kier molecular flexibility index (Phi) is 1.31. The molecular weight excluding hydrogens is 220 g/mol. The molecule has 3 aliphatic carbocycles. The third-order valence-corrected chi connectivity index (χ3v) is 5.29. The van der Waals surface area contributed by atoms with Crippen LogP contribution in [-0.2, 0) is 4.79 Å². The first-order valence-electron chi connectivity index (χ1n) is 6.53. The number of aldehydes is 1. The van der Waals surface area contributed by atoms with Gasteiger partial charge in [-0.3, -0.25) is 0 Å². The Morgan fingerprint density at radius 1 is 0.778 bits per heavy atom. The number of hydrogen-bond acceptors (Lipinski definition) is 1. The molecule has 2 atom stereocenters. The highest BCUT2D eigenvalue weighted by Gasteiger charge is 2.78. The van der Waals surface area contributed by atoms with Crippen LogP contribution in [0.2, 0.25) is 0 Å². The van der Waals surface area contributed by atoms with Crippen LogP contribution in [0.25, 0.3) is 0 Å². The molecule has 0 aromatic heterocycles. The second-order valence-corrected chi connectivity index (χ2v) is 5.76. The van der Waals surface area contributed by atoms with Crippen LogP contribution in [-0.4, -0.2) is 6.29 Å². The standard InChI is InChI=1S/C17H12O/c18-9-17-14-10-5-1-3-7-12(10)15(17)16(17)13-8-4-2-6-11(13)14/h1-9,14-16H. The minimum absolute atomic E-state index is 0.132. The summed E-state index contributed by atoms with van der Waals surface area (Å²) in [4.78, 5) is 11.8. The van der Waals surface area contributed by atoms with E-state index < -0.39 is 0 Å². The van der Waals surface area contributed by atoms with Crippen LogP contribution in [0.1, 0.15) is 40.0 Å². The van der Waals surface area contributed by atoms with Gasteiger partial charge in [0.2, 0.25) is 0 Å². The average Bonchev–Trinajstić information content (AvgIpc) is 2.93. The van der Waals surface area contributed by atoms with E-state index >= 15 is 0 Å². The molecule has 0 N–H and O–H groups in total. The third kappa shape index (κ3) is 0.694. The summed E-state index contributed by atoms with van der Waals surface area (Å²) in [5.74, 6) is 1.22. The molecule has 3 aliphatic rings. The summed E-state index contributed by atoms with van der Waals surface area (Å²) in [7, 11) is 0. The van der Waals surface area contributed by atoms with Gasteiger partial charge in [0.05, 0.1) is 5.41 Å². The zero-order valence-electron chi connectivity index (χ0n) is 9.84. The molecule has 18 heavy (non-hydrogen) atoms. The van der Waals surface area contributed by atoms with E-state index in [1.54, 1.807) is 0 Å². The van der Waals surface area contributed by atoms with Gasteiger partial charge in [0, 0.05) is 17.8 Å². The van der Waals surface area contributed by atoms with Gasteiger partial charge in [0.15, 0.2) is 0 Å². The van der Waals surface area contributed by atoms with Crippen molar-refractivity contribution in [2.75, 3.05) is 0 Å². The summed E-state index contributed by atoms with van der Waals surface area (Å²) in [5.41, 5.74) is 5.46. The van der Waals surface area contributed by atoms with Crippen LogP contribution < -0.4 is 0 Å². The van der Waals surface area contributed by atoms with Gasteiger partial charge in [-0.2, -0.15) is 0 Å². The van der Waals surface area contributed by atoms with Gasteiger partial charge in [-0.25, -0.2) is 0 Å². The topological polar surface area (TPSA) is 17.1 Å². The molecule has 2 aromatic rings. The summed E-state index contributed by atoms with van der Waals surface area (Å²) in [6.07, 6.45) is 1.24. The molecule has 2 aromatic carbocycles. The predicted molar refractivity (Wildman–Crippen MR) is 68.7 cm³/mol. The van der Waals surface area contributed by atoms with E-state index in [1.807, 2.05) is 0 Å². The van der Waals surface area contributed by atoms with Gasteiger partial charge in [-0.05, 0) is 22.3 Å². The van der Waals surface area contributed by atoms with Crippen molar-refractivity contribution in [3.8, 4) is 0 Å². The number of fused-ring (bicyclic) bond motifs is 7. The van der Waals surface area contributed by atoms with E-state index in [0.717, 1.165) is 0 Å². The summed E-state index contributed by atoms with van der Waals surface area (Å²) in [6.45, 7) is 0. The summed E-state index contributed by atoms with van der Waals surface area (Å²) >= 11 is 0. The van der Waals surface area contributed by atoms with Gasteiger partial charge in [0.1, 0.15) is 6.29 Å². The third-order valence-electron chi connectivity index (χ3n) is 5.29. The molecule has 2 unspecified atom stereocenters. The molecule has 0 aliphatic heterocycles. The lowest BCUT2D eigenvalue weighted by Gasteiger charge is -2.15. The molecule has 0 heterocycles. The van der Waals surface area contributed by atoms with Gasteiger partial charge in [-0.15, -0.1) is 0 Å². The highest BCUT2D eigenvalue weighted by atomic mass is 16.1. The number of rotatable bonds is 1. The van der Waals surface area contributed by atoms with Crippen LogP contribution in [0.5, 0.6) is 0 Å². The molecule has 0 amide bonds. The van der Waals surface area contributed by atoms with E-state index in [0.29, 0.717) is 17.8 Å². The minimum atomic E-state index is -0.132. The number of benzene rings is 2. The maximum Gasteiger partial charge on any atom is 0.128 e. The first-order valence-corrected chi connectivity index (χ1v) is 6.53. The Hall–Kier alpha value is -1.89. The van der Waals surface area contributed by atoms with Gasteiger partial charge >= 0.3 is 0 Å². The quantitative estimate of drug-likeness (QED) is 0.690. The van der Waals surface area contributed by atoms with Gasteiger partial charge < -0.3 is 4.79 Å². The second kappa shape index (κ2) is 2.59. The fourth-order valence-electron chi connectivity index (χ4n) is 4.72. The Balaban J connectivity index is 1.89. The number of carbonyl (C=O) groups is 1. The lowest BCUT2D eigenvalue weighted by molar-refractivity contribution is -0.112. The molecule has 5 rings (SSSR count). The Bertz CT molecular complexity index is 647. The van der Waals surface area contributed by atoms with E-state index in [-0.39, 0.29) is 5.41 Å². The maximum absolute atomic E-state index is 11.8. The highest BCUT2D eigenvalue weighted by Crippen LogP contribution is 2.85. The fraction of sp³-hybridized carbons (Fsp3) is 0.235. The van der Waals surface area contributed by atoms with E-state index in [9.17, 15) is 4.79 Å². The molecule has 0 spiro atoms. The number of carbonyl (C=O) groups excluding carboxylic acids is 1. The zero-order valence-corrected chi connectivity index (χ0v) is 9.84. The zero-order chi connectivity index (χ0) is 11.9. The van der Waals surface area contributed by atoms with Crippen molar-refractivity contribution in [2.45, 2.75) is 17.8 Å². The first-order chi connectivity index (χ1) is 8.89. The van der Waals surface area contributed by atoms with E-state index in [4.69, 9.17) is 0 Å². The lowest BCUT2D eigenvalue weighted by Crippen LogP contribution is -2.11. The molecule has 1 heteroatoms. The Labute approximate surface area is 105 Å². The smallest absolute Gasteiger partial charge is 0.128 e. The normalized spacial score (nSPS) is 36.8. The van der Waals surface area contributed by atoms with E-state index in [1.165, 1.54) is 28.5 Å². The minimum Gasteiger partial charge on any atom is -0.303 e. The van der Waals surface area contributed by atoms with E-state index in [2.05, 4.69) is 48.5 Å². The van der Waals surface area contributed by atoms with Gasteiger partial charge in [0.25, 0.3) is 0 Å². The Morgan fingerprint density at radius 3 is 1.67 bits per heavy atom. The Morgan fingerprint density at radius 2 is 1.22 bits per heavy atom. The number of hydrogen-bond donors (Lipinski definition) is 0. The van der Waals surface area contributed by atoms with Gasteiger partial charge in [-0.1, -0.05) is 48.5 Å². The fourth-order valence-corrected chi connectivity index (χ4v) is 4.72. The molecule has 1 nitrogen and oxygen atoms in total. The molecule has 0 saturated heterocycles.